The van der Waals surface area contributed by atoms with E-state index in [1.165, 1.54) is 5.56 Å². The molecule has 0 aliphatic carbocycles. The third-order valence-corrected chi connectivity index (χ3v) is 5.03. The van der Waals surface area contributed by atoms with Crippen molar-refractivity contribution in [1.82, 2.24) is 4.90 Å². The van der Waals surface area contributed by atoms with Gasteiger partial charge < -0.3 is 5.32 Å². The van der Waals surface area contributed by atoms with Crippen LogP contribution in [-0.4, -0.2) is 23.9 Å². The molecular formula is C19H20BrClN2O. The van der Waals surface area contributed by atoms with E-state index in [-0.39, 0.29) is 11.8 Å². The summed E-state index contributed by atoms with van der Waals surface area (Å²) in [5, 5.41) is 3.78. The lowest BCUT2D eigenvalue weighted by Crippen LogP contribution is -2.40. The van der Waals surface area contributed by atoms with Crippen LogP contribution in [0.3, 0.4) is 0 Å². The van der Waals surface area contributed by atoms with E-state index in [1.807, 2.05) is 48.5 Å². The highest BCUT2D eigenvalue weighted by molar-refractivity contribution is 9.10. The zero-order chi connectivity index (χ0) is 16.9. The van der Waals surface area contributed by atoms with Gasteiger partial charge in [0, 0.05) is 28.3 Å². The van der Waals surface area contributed by atoms with Crippen LogP contribution >= 0.6 is 27.5 Å². The summed E-state index contributed by atoms with van der Waals surface area (Å²) in [6.45, 7) is 2.68. The van der Waals surface area contributed by atoms with Crippen LogP contribution in [0, 0.1) is 5.92 Å². The maximum atomic E-state index is 12.6. The first-order chi connectivity index (χ1) is 11.6. The van der Waals surface area contributed by atoms with Crippen molar-refractivity contribution in [2.45, 2.75) is 19.4 Å². The summed E-state index contributed by atoms with van der Waals surface area (Å²) in [4.78, 5) is 14.9. The standard InChI is InChI=1S/C19H20BrClN2O/c20-16-4-1-5-18(11-16)22-19(24)15-3-2-10-23(13-15)12-14-6-8-17(21)9-7-14/h1,4-9,11,15H,2-3,10,12-13H2,(H,22,24)/t15-/m1/s1. The first-order valence-electron chi connectivity index (χ1n) is 8.13. The molecule has 126 valence electrons. The number of halogens is 2. The number of likely N-dealkylation sites (tertiary alicyclic amines) is 1. The van der Waals surface area contributed by atoms with Gasteiger partial charge in [-0.25, -0.2) is 0 Å². The van der Waals surface area contributed by atoms with E-state index < -0.39 is 0 Å². The molecule has 24 heavy (non-hydrogen) atoms. The largest absolute Gasteiger partial charge is 0.326 e. The van der Waals surface area contributed by atoms with E-state index in [4.69, 9.17) is 11.6 Å². The summed E-state index contributed by atoms with van der Waals surface area (Å²) < 4.78 is 0.966. The summed E-state index contributed by atoms with van der Waals surface area (Å²) in [6, 6.07) is 15.6. The van der Waals surface area contributed by atoms with Crippen molar-refractivity contribution in [3.05, 3.63) is 63.6 Å². The molecular weight excluding hydrogens is 388 g/mol. The third-order valence-electron chi connectivity index (χ3n) is 4.29. The molecule has 0 aromatic heterocycles. The number of piperidine rings is 1. The third kappa shape index (κ3) is 4.82. The van der Waals surface area contributed by atoms with Crippen LogP contribution in [0.5, 0.6) is 0 Å². The van der Waals surface area contributed by atoms with E-state index in [0.29, 0.717) is 0 Å². The second-order valence-electron chi connectivity index (χ2n) is 6.20. The van der Waals surface area contributed by atoms with Gasteiger partial charge in [0.2, 0.25) is 5.91 Å². The summed E-state index contributed by atoms with van der Waals surface area (Å²) in [5.41, 5.74) is 2.07. The number of benzene rings is 2. The Morgan fingerprint density at radius 1 is 1.25 bits per heavy atom. The van der Waals surface area contributed by atoms with Gasteiger partial charge >= 0.3 is 0 Å². The van der Waals surface area contributed by atoms with Crippen molar-refractivity contribution in [2.24, 2.45) is 5.92 Å². The molecule has 1 amide bonds. The normalized spacial score (nSPS) is 18.3. The van der Waals surface area contributed by atoms with Crippen LogP contribution in [-0.2, 0) is 11.3 Å². The number of nitrogens with zero attached hydrogens (tertiary/aromatic N) is 1. The summed E-state index contributed by atoms with van der Waals surface area (Å²) in [7, 11) is 0. The van der Waals surface area contributed by atoms with Gasteiger partial charge in [0.15, 0.2) is 0 Å². The van der Waals surface area contributed by atoms with Gasteiger partial charge in [0.25, 0.3) is 0 Å². The van der Waals surface area contributed by atoms with Gasteiger partial charge in [-0.3, -0.25) is 9.69 Å². The van der Waals surface area contributed by atoms with Gasteiger partial charge in [0.1, 0.15) is 0 Å². The molecule has 1 aliphatic rings. The first kappa shape index (κ1) is 17.5. The lowest BCUT2D eigenvalue weighted by atomic mass is 9.96. The van der Waals surface area contributed by atoms with Crippen LogP contribution < -0.4 is 5.32 Å². The van der Waals surface area contributed by atoms with Gasteiger partial charge in [-0.2, -0.15) is 0 Å². The average molecular weight is 408 g/mol. The second kappa shape index (κ2) is 8.15. The van der Waals surface area contributed by atoms with Gasteiger partial charge in [-0.05, 0) is 55.3 Å². The zero-order valence-electron chi connectivity index (χ0n) is 13.3. The minimum Gasteiger partial charge on any atom is -0.326 e. The molecule has 0 bridgehead atoms. The molecule has 1 heterocycles. The lowest BCUT2D eigenvalue weighted by Gasteiger charge is -2.32. The van der Waals surface area contributed by atoms with E-state index in [0.717, 1.165) is 47.7 Å². The Labute approximate surface area is 156 Å². The van der Waals surface area contributed by atoms with Crippen LogP contribution in [0.25, 0.3) is 0 Å². The number of anilines is 1. The Morgan fingerprint density at radius 3 is 2.79 bits per heavy atom. The molecule has 0 spiro atoms. The fraction of sp³-hybridized carbons (Fsp3) is 0.316. The predicted octanol–water partition coefficient (Wildman–Crippen LogP) is 4.95. The van der Waals surface area contributed by atoms with E-state index in [1.54, 1.807) is 0 Å². The van der Waals surface area contributed by atoms with Crippen molar-refractivity contribution in [3.8, 4) is 0 Å². The van der Waals surface area contributed by atoms with Crippen LogP contribution in [0.15, 0.2) is 53.0 Å². The van der Waals surface area contributed by atoms with Gasteiger partial charge in [0.05, 0.1) is 5.92 Å². The zero-order valence-corrected chi connectivity index (χ0v) is 15.7. The van der Waals surface area contributed by atoms with Crippen molar-refractivity contribution in [1.29, 1.82) is 0 Å². The fourth-order valence-electron chi connectivity index (χ4n) is 3.07. The van der Waals surface area contributed by atoms with Gasteiger partial charge in [-0.1, -0.05) is 45.7 Å². The average Bonchev–Trinajstić information content (AvgIpc) is 2.57. The molecule has 3 rings (SSSR count). The van der Waals surface area contributed by atoms with E-state index in [9.17, 15) is 4.79 Å². The predicted molar refractivity (Wildman–Crippen MR) is 102 cm³/mol. The molecule has 3 nitrogen and oxygen atoms in total. The molecule has 0 unspecified atom stereocenters. The monoisotopic (exact) mass is 406 g/mol. The molecule has 1 atom stereocenters. The highest BCUT2D eigenvalue weighted by atomic mass is 79.9. The maximum Gasteiger partial charge on any atom is 0.228 e. The molecule has 1 saturated heterocycles. The number of carbonyl (C=O) groups excluding carboxylic acids is 1. The van der Waals surface area contributed by atoms with Crippen LogP contribution in [0.2, 0.25) is 5.02 Å². The smallest absolute Gasteiger partial charge is 0.228 e. The summed E-state index contributed by atoms with van der Waals surface area (Å²) in [6.07, 6.45) is 1.99. The highest BCUT2D eigenvalue weighted by Crippen LogP contribution is 2.22. The topological polar surface area (TPSA) is 32.3 Å². The van der Waals surface area contributed by atoms with Crippen LogP contribution in [0.1, 0.15) is 18.4 Å². The van der Waals surface area contributed by atoms with E-state index in [2.05, 4.69) is 26.1 Å². The van der Waals surface area contributed by atoms with Crippen molar-refractivity contribution in [3.63, 3.8) is 0 Å². The fourth-order valence-corrected chi connectivity index (χ4v) is 3.60. The Bertz CT molecular complexity index is 705. The molecule has 5 heteroatoms. The van der Waals surface area contributed by atoms with Crippen molar-refractivity contribution < 1.29 is 4.79 Å². The molecule has 1 fully saturated rings. The number of amides is 1. The number of hydrogen-bond donors (Lipinski definition) is 1. The van der Waals surface area contributed by atoms with Crippen molar-refractivity contribution >= 4 is 39.1 Å². The summed E-state index contributed by atoms with van der Waals surface area (Å²) >= 11 is 9.37. The van der Waals surface area contributed by atoms with Crippen LogP contribution in [0.4, 0.5) is 5.69 Å². The molecule has 1 N–H and O–H groups in total. The molecule has 0 radical (unpaired) electrons. The van der Waals surface area contributed by atoms with Gasteiger partial charge in [-0.15, -0.1) is 0 Å². The van der Waals surface area contributed by atoms with E-state index >= 15 is 0 Å². The molecule has 2 aromatic rings. The molecule has 2 aromatic carbocycles. The van der Waals surface area contributed by atoms with Crippen molar-refractivity contribution in [2.75, 3.05) is 18.4 Å². The number of hydrogen-bond acceptors (Lipinski definition) is 2. The Balaban J connectivity index is 1.58. The quantitative estimate of drug-likeness (QED) is 0.777. The maximum absolute atomic E-state index is 12.6. The lowest BCUT2D eigenvalue weighted by molar-refractivity contribution is -0.121. The number of nitrogens with one attached hydrogen (secondary N) is 1. The Kier molecular flexibility index (Phi) is 5.93. The number of carbonyl (C=O) groups is 1. The minimum absolute atomic E-state index is 0.0324. The number of rotatable bonds is 4. The minimum atomic E-state index is 0.0324. The molecule has 0 saturated carbocycles. The SMILES string of the molecule is O=C(Nc1cccc(Br)c1)[C@@H]1CCCN(Cc2ccc(Cl)cc2)C1. The Morgan fingerprint density at radius 2 is 2.04 bits per heavy atom. The Hall–Kier alpha value is -1.36. The summed E-state index contributed by atoms with van der Waals surface area (Å²) in [5.74, 6) is 0.138. The first-order valence-corrected chi connectivity index (χ1v) is 9.30. The highest BCUT2D eigenvalue weighted by Gasteiger charge is 2.25. The second-order valence-corrected chi connectivity index (χ2v) is 7.55. The molecule has 1 aliphatic heterocycles.